The van der Waals surface area contributed by atoms with E-state index in [9.17, 15) is 4.79 Å². The molecule has 0 aromatic carbocycles. The summed E-state index contributed by atoms with van der Waals surface area (Å²) in [5.41, 5.74) is 0. The van der Waals surface area contributed by atoms with Gasteiger partial charge in [-0.05, 0) is 18.9 Å². The van der Waals surface area contributed by atoms with Crippen molar-refractivity contribution in [2.45, 2.75) is 25.2 Å². The molecule has 2 aromatic heterocycles. The van der Waals surface area contributed by atoms with Crippen LogP contribution in [0.15, 0.2) is 23.0 Å². The molecule has 1 saturated carbocycles. The first kappa shape index (κ1) is 11.8. The van der Waals surface area contributed by atoms with Crippen molar-refractivity contribution in [2.75, 3.05) is 0 Å². The van der Waals surface area contributed by atoms with Gasteiger partial charge in [0, 0.05) is 12.4 Å². The van der Waals surface area contributed by atoms with Gasteiger partial charge in [-0.2, -0.15) is 4.98 Å². The highest BCUT2D eigenvalue weighted by molar-refractivity contribution is 5.71. The number of carboxylic acid groups (broad SMARTS) is 1. The van der Waals surface area contributed by atoms with Crippen molar-refractivity contribution < 1.29 is 14.4 Å². The second-order valence-electron chi connectivity index (χ2n) is 4.51. The highest BCUT2D eigenvalue weighted by Gasteiger charge is 2.37. The number of rotatable bonds is 3. The molecule has 1 N–H and O–H groups in total. The summed E-state index contributed by atoms with van der Waals surface area (Å²) in [5.74, 6) is -0.410. The monoisotopic (exact) mass is 260 g/mol. The summed E-state index contributed by atoms with van der Waals surface area (Å²) in [6, 6.07) is 1.70. The maximum atomic E-state index is 11.1. The molecule has 98 valence electrons. The summed E-state index contributed by atoms with van der Waals surface area (Å²) < 4.78 is 5.18. The number of hydrogen-bond donors (Lipinski definition) is 1. The molecular formula is C12H12N4O3. The van der Waals surface area contributed by atoms with E-state index in [1.807, 2.05) is 0 Å². The lowest BCUT2D eigenvalue weighted by Crippen LogP contribution is -2.17. The SMILES string of the molecule is O=C(O)C1CCCC1c1nc(-c2ncccn2)no1. The van der Waals surface area contributed by atoms with Gasteiger partial charge in [-0.25, -0.2) is 9.97 Å². The van der Waals surface area contributed by atoms with Crippen LogP contribution in [-0.4, -0.2) is 31.2 Å². The van der Waals surface area contributed by atoms with Crippen LogP contribution in [0.25, 0.3) is 11.6 Å². The molecule has 0 radical (unpaired) electrons. The van der Waals surface area contributed by atoms with Gasteiger partial charge in [0.15, 0.2) is 0 Å². The average molecular weight is 260 g/mol. The van der Waals surface area contributed by atoms with E-state index in [1.54, 1.807) is 18.5 Å². The maximum Gasteiger partial charge on any atom is 0.307 e. The van der Waals surface area contributed by atoms with Crippen molar-refractivity contribution >= 4 is 5.97 Å². The molecule has 0 aliphatic heterocycles. The standard InChI is InChI=1S/C12H12N4O3/c17-12(18)8-4-1-3-7(8)11-15-10(16-19-11)9-13-5-2-6-14-9/h2,5-8H,1,3-4H2,(H,17,18). The minimum atomic E-state index is -0.807. The smallest absolute Gasteiger partial charge is 0.307 e. The van der Waals surface area contributed by atoms with Crippen molar-refractivity contribution in [1.29, 1.82) is 0 Å². The van der Waals surface area contributed by atoms with Crippen LogP contribution in [0.4, 0.5) is 0 Å². The zero-order valence-corrected chi connectivity index (χ0v) is 10.1. The van der Waals surface area contributed by atoms with E-state index in [1.165, 1.54) is 0 Å². The quantitative estimate of drug-likeness (QED) is 0.891. The summed E-state index contributed by atoms with van der Waals surface area (Å²) in [4.78, 5) is 23.4. The summed E-state index contributed by atoms with van der Waals surface area (Å²) in [5, 5.41) is 13.0. The Bertz CT molecular complexity index is 584. The topological polar surface area (TPSA) is 102 Å². The first-order chi connectivity index (χ1) is 9.25. The molecule has 2 heterocycles. The maximum absolute atomic E-state index is 11.1. The van der Waals surface area contributed by atoms with Gasteiger partial charge in [-0.1, -0.05) is 11.6 Å². The summed E-state index contributed by atoms with van der Waals surface area (Å²) in [6.07, 6.45) is 5.46. The van der Waals surface area contributed by atoms with Crippen LogP contribution >= 0.6 is 0 Å². The normalized spacial score (nSPS) is 22.5. The fourth-order valence-electron chi connectivity index (χ4n) is 2.44. The van der Waals surface area contributed by atoms with E-state index in [2.05, 4.69) is 20.1 Å². The van der Waals surface area contributed by atoms with Gasteiger partial charge in [-0.3, -0.25) is 4.79 Å². The van der Waals surface area contributed by atoms with E-state index < -0.39 is 11.9 Å². The Hall–Kier alpha value is -2.31. The fraction of sp³-hybridized carbons (Fsp3) is 0.417. The molecule has 3 rings (SSSR count). The molecule has 0 spiro atoms. The average Bonchev–Trinajstić information content (AvgIpc) is 3.08. The largest absolute Gasteiger partial charge is 0.481 e. The van der Waals surface area contributed by atoms with Gasteiger partial charge < -0.3 is 9.63 Å². The van der Waals surface area contributed by atoms with Crippen molar-refractivity contribution in [3.05, 3.63) is 24.4 Å². The molecule has 0 amide bonds. The number of aromatic nitrogens is 4. The van der Waals surface area contributed by atoms with E-state index in [0.29, 0.717) is 24.0 Å². The van der Waals surface area contributed by atoms with Crippen molar-refractivity contribution in [3.63, 3.8) is 0 Å². The van der Waals surface area contributed by atoms with E-state index in [0.717, 1.165) is 12.8 Å². The molecule has 7 heteroatoms. The predicted molar refractivity (Wildman–Crippen MR) is 63.0 cm³/mol. The van der Waals surface area contributed by atoms with Crippen LogP contribution in [-0.2, 0) is 4.79 Å². The Labute approximate surface area is 108 Å². The third kappa shape index (κ3) is 2.18. The molecular weight excluding hydrogens is 248 g/mol. The molecule has 7 nitrogen and oxygen atoms in total. The van der Waals surface area contributed by atoms with Gasteiger partial charge in [-0.15, -0.1) is 0 Å². The van der Waals surface area contributed by atoms with E-state index in [4.69, 9.17) is 9.63 Å². The lowest BCUT2D eigenvalue weighted by molar-refractivity contribution is -0.142. The number of hydrogen-bond acceptors (Lipinski definition) is 6. The minimum absolute atomic E-state index is 0.206. The Morgan fingerprint density at radius 3 is 2.79 bits per heavy atom. The van der Waals surface area contributed by atoms with Crippen LogP contribution in [0.2, 0.25) is 0 Å². The van der Waals surface area contributed by atoms with Gasteiger partial charge in [0.25, 0.3) is 0 Å². The number of aliphatic carboxylic acids is 1. The number of carboxylic acids is 1. The molecule has 0 bridgehead atoms. The van der Waals surface area contributed by atoms with Crippen LogP contribution in [0.1, 0.15) is 31.1 Å². The zero-order chi connectivity index (χ0) is 13.2. The number of nitrogens with zero attached hydrogens (tertiary/aromatic N) is 4. The van der Waals surface area contributed by atoms with Crippen LogP contribution in [0, 0.1) is 5.92 Å². The summed E-state index contributed by atoms with van der Waals surface area (Å²) in [6.45, 7) is 0. The Morgan fingerprint density at radius 1 is 1.26 bits per heavy atom. The highest BCUT2D eigenvalue weighted by atomic mass is 16.5. The lowest BCUT2D eigenvalue weighted by Gasteiger charge is -2.09. The molecule has 1 aliphatic rings. The molecule has 0 saturated heterocycles. The Balaban J connectivity index is 1.87. The summed E-state index contributed by atoms with van der Waals surface area (Å²) >= 11 is 0. The second-order valence-corrected chi connectivity index (χ2v) is 4.51. The molecule has 19 heavy (non-hydrogen) atoms. The van der Waals surface area contributed by atoms with E-state index >= 15 is 0 Å². The Morgan fingerprint density at radius 2 is 2.05 bits per heavy atom. The lowest BCUT2D eigenvalue weighted by atomic mass is 9.96. The number of carbonyl (C=O) groups is 1. The van der Waals surface area contributed by atoms with Crippen molar-refractivity contribution in [2.24, 2.45) is 5.92 Å². The van der Waals surface area contributed by atoms with Crippen LogP contribution in [0.3, 0.4) is 0 Å². The zero-order valence-electron chi connectivity index (χ0n) is 10.1. The predicted octanol–water partition coefficient (Wildman–Crippen LogP) is 1.49. The third-order valence-electron chi connectivity index (χ3n) is 3.36. The first-order valence-electron chi connectivity index (χ1n) is 6.09. The van der Waals surface area contributed by atoms with Gasteiger partial charge in [0.05, 0.1) is 11.8 Å². The molecule has 1 aliphatic carbocycles. The molecule has 2 atom stereocenters. The fourth-order valence-corrected chi connectivity index (χ4v) is 2.44. The Kier molecular flexibility index (Phi) is 2.94. The van der Waals surface area contributed by atoms with Gasteiger partial charge >= 0.3 is 5.97 Å². The van der Waals surface area contributed by atoms with Gasteiger partial charge in [0.2, 0.25) is 17.5 Å². The highest BCUT2D eigenvalue weighted by Crippen LogP contribution is 2.39. The molecule has 1 fully saturated rings. The molecule has 2 unspecified atom stereocenters. The first-order valence-corrected chi connectivity index (χ1v) is 6.09. The molecule has 2 aromatic rings. The second kappa shape index (κ2) is 4.75. The third-order valence-corrected chi connectivity index (χ3v) is 3.36. The van der Waals surface area contributed by atoms with Crippen molar-refractivity contribution in [1.82, 2.24) is 20.1 Å². The van der Waals surface area contributed by atoms with E-state index in [-0.39, 0.29) is 5.92 Å². The van der Waals surface area contributed by atoms with Crippen LogP contribution < -0.4 is 0 Å². The van der Waals surface area contributed by atoms with Gasteiger partial charge in [0.1, 0.15) is 0 Å². The van der Waals surface area contributed by atoms with Crippen LogP contribution in [0.5, 0.6) is 0 Å². The summed E-state index contributed by atoms with van der Waals surface area (Å²) in [7, 11) is 0. The minimum Gasteiger partial charge on any atom is -0.481 e. The van der Waals surface area contributed by atoms with Crippen molar-refractivity contribution in [3.8, 4) is 11.6 Å².